The molecule has 0 aliphatic rings. The Kier molecular flexibility index (Phi) is 8.60. The van der Waals surface area contributed by atoms with Gasteiger partial charge in [0.25, 0.3) is 5.91 Å². The maximum Gasteiger partial charge on any atom is 0.257 e. The van der Waals surface area contributed by atoms with Crippen LogP contribution in [0.25, 0.3) is 0 Å². The Morgan fingerprint density at radius 1 is 1.00 bits per heavy atom. The van der Waals surface area contributed by atoms with Crippen molar-refractivity contribution in [3.05, 3.63) is 64.7 Å². The molecule has 0 unspecified atom stereocenters. The van der Waals surface area contributed by atoms with Gasteiger partial charge in [-0.25, -0.2) is 8.42 Å². The molecule has 8 nitrogen and oxygen atoms in total. The second-order valence-electron chi connectivity index (χ2n) is 6.66. The predicted octanol–water partition coefficient (Wildman–Crippen LogP) is 4.45. The first-order chi connectivity index (χ1) is 15.7. The van der Waals surface area contributed by atoms with Gasteiger partial charge >= 0.3 is 0 Å². The van der Waals surface area contributed by atoms with Crippen molar-refractivity contribution < 1.29 is 18.0 Å². The van der Waals surface area contributed by atoms with E-state index in [9.17, 15) is 18.0 Å². The van der Waals surface area contributed by atoms with Gasteiger partial charge in [-0.2, -0.15) is 4.31 Å². The van der Waals surface area contributed by atoms with Crippen LogP contribution < -0.4 is 5.32 Å². The van der Waals surface area contributed by atoms with Gasteiger partial charge in [-0.05, 0) is 48.5 Å². The normalized spacial score (nSPS) is 11.5. The molecule has 0 atom stereocenters. The van der Waals surface area contributed by atoms with E-state index in [1.807, 2.05) is 0 Å². The molecule has 33 heavy (non-hydrogen) atoms. The fraction of sp³-hybridized carbons (Fsp3) is 0.238. The van der Waals surface area contributed by atoms with Gasteiger partial charge in [0, 0.05) is 29.2 Å². The predicted molar refractivity (Wildman–Crippen MR) is 131 cm³/mol. The van der Waals surface area contributed by atoms with Crippen LogP contribution in [0.1, 0.15) is 34.6 Å². The Balaban J connectivity index is 1.59. The lowest BCUT2D eigenvalue weighted by atomic mass is 10.1. The maximum absolute atomic E-state index is 12.6. The van der Waals surface area contributed by atoms with Crippen molar-refractivity contribution in [1.82, 2.24) is 14.5 Å². The van der Waals surface area contributed by atoms with Gasteiger partial charge in [0.2, 0.25) is 15.2 Å². The number of amides is 1. The van der Waals surface area contributed by atoms with E-state index in [-0.39, 0.29) is 27.1 Å². The highest BCUT2D eigenvalue weighted by molar-refractivity contribution is 8.01. The summed E-state index contributed by atoms with van der Waals surface area (Å²) in [7, 11) is -3.59. The molecule has 1 aromatic heterocycles. The van der Waals surface area contributed by atoms with Crippen LogP contribution in [0, 0.1) is 0 Å². The summed E-state index contributed by atoms with van der Waals surface area (Å²) in [5.74, 6) is -0.337. The minimum absolute atomic E-state index is 0.0720. The first-order valence-corrected chi connectivity index (χ1v) is 13.5. The molecule has 0 spiro atoms. The molecule has 1 heterocycles. The highest BCUT2D eigenvalue weighted by atomic mass is 35.5. The van der Waals surface area contributed by atoms with Crippen molar-refractivity contribution in [3.63, 3.8) is 0 Å². The maximum atomic E-state index is 12.6. The quantitative estimate of drug-likeness (QED) is 0.237. The van der Waals surface area contributed by atoms with E-state index < -0.39 is 15.9 Å². The molecule has 3 rings (SSSR count). The third kappa shape index (κ3) is 6.39. The molecule has 12 heteroatoms. The van der Waals surface area contributed by atoms with Crippen LogP contribution in [0.15, 0.2) is 57.8 Å². The van der Waals surface area contributed by atoms with Crippen LogP contribution in [0.4, 0.5) is 5.13 Å². The van der Waals surface area contributed by atoms with Crippen LogP contribution in [0.2, 0.25) is 5.02 Å². The van der Waals surface area contributed by atoms with Crippen molar-refractivity contribution in [2.45, 2.75) is 23.1 Å². The van der Waals surface area contributed by atoms with Crippen LogP contribution >= 0.6 is 34.7 Å². The number of carbonyl (C=O) groups is 2. The molecule has 2 aromatic carbocycles. The summed E-state index contributed by atoms with van der Waals surface area (Å²) in [6.07, 6.45) is 0. The lowest BCUT2D eigenvalue weighted by molar-refractivity contribution is 0.101. The zero-order valence-electron chi connectivity index (χ0n) is 17.8. The van der Waals surface area contributed by atoms with E-state index in [1.54, 1.807) is 38.1 Å². The van der Waals surface area contributed by atoms with Crippen molar-refractivity contribution >= 4 is 61.5 Å². The largest absolute Gasteiger partial charge is 0.296 e. The number of carbonyl (C=O) groups excluding carboxylic acids is 2. The molecular weight excluding hydrogens is 504 g/mol. The first-order valence-electron chi connectivity index (χ1n) is 9.91. The highest BCUT2D eigenvalue weighted by Crippen LogP contribution is 2.27. The topological polar surface area (TPSA) is 109 Å². The number of hydrogen-bond donors (Lipinski definition) is 1. The van der Waals surface area contributed by atoms with Gasteiger partial charge in [-0.1, -0.05) is 48.5 Å². The molecule has 3 aromatic rings. The molecular formula is C21H21ClN4O4S3. The monoisotopic (exact) mass is 524 g/mol. The third-order valence-electron chi connectivity index (χ3n) is 4.58. The van der Waals surface area contributed by atoms with E-state index >= 15 is 0 Å². The first kappa shape index (κ1) is 25.3. The summed E-state index contributed by atoms with van der Waals surface area (Å²) in [6.45, 7) is 4.27. The number of halogens is 1. The van der Waals surface area contributed by atoms with E-state index in [2.05, 4.69) is 15.5 Å². The Labute approximate surface area is 205 Å². The standard InChI is InChI=1S/C21H21ClN4O4S3/c1-3-26(4-2)33(29,30)17-11-7-15(8-12-17)19(28)23-20-24-25-21(32-20)31-13-18(27)14-5-9-16(22)10-6-14/h5-12H,3-4,13H2,1-2H3,(H,23,24,28). The van der Waals surface area contributed by atoms with Crippen molar-refractivity contribution in [1.29, 1.82) is 0 Å². The minimum Gasteiger partial charge on any atom is -0.296 e. The molecule has 0 radical (unpaired) electrons. The zero-order valence-corrected chi connectivity index (χ0v) is 21.0. The summed E-state index contributed by atoms with van der Waals surface area (Å²) < 4.78 is 27.0. The second kappa shape index (κ2) is 11.2. The van der Waals surface area contributed by atoms with Gasteiger partial charge in [0.15, 0.2) is 10.1 Å². The van der Waals surface area contributed by atoms with Gasteiger partial charge in [0.1, 0.15) is 0 Å². The molecule has 0 saturated heterocycles. The van der Waals surface area contributed by atoms with Crippen molar-refractivity contribution in [2.75, 3.05) is 24.2 Å². The number of benzene rings is 2. The summed E-state index contributed by atoms with van der Waals surface area (Å²) in [6, 6.07) is 12.4. The molecule has 0 saturated carbocycles. The van der Waals surface area contributed by atoms with Gasteiger partial charge in [-0.3, -0.25) is 14.9 Å². The SMILES string of the molecule is CCN(CC)S(=O)(=O)c1ccc(C(=O)Nc2nnc(SCC(=O)c3ccc(Cl)cc3)s2)cc1. The lowest BCUT2D eigenvalue weighted by Gasteiger charge is -2.18. The number of anilines is 1. The van der Waals surface area contributed by atoms with E-state index in [4.69, 9.17) is 11.6 Å². The molecule has 0 fully saturated rings. The summed E-state index contributed by atoms with van der Waals surface area (Å²) >= 11 is 8.20. The van der Waals surface area contributed by atoms with Crippen LogP contribution in [-0.2, 0) is 10.0 Å². The van der Waals surface area contributed by atoms with Crippen LogP contribution in [-0.4, -0.2) is 53.5 Å². The number of ketones is 1. The average molecular weight is 525 g/mol. The second-order valence-corrected chi connectivity index (χ2v) is 11.2. The number of sulfonamides is 1. The number of thioether (sulfide) groups is 1. The Hall–Kier alpha value is -2.31. The smallest absolute Gasteiger partial charge is 0.257 e. The number of rotatable bonds is 10. The number of nitrogens with zero attached hydrogens (tertiary/aromatic N) is 3. The van der Waals surface area contributed by atoms with Crippen LogP contribution in [0.3, 0.4) is 0 Å². The van der Waals surface area contributed by atoms with Crippen LogP contribution in [0.5, 0.6) is 0 Å². The zero-order chi connectivity index (χ0) is 24.0. The average Bonchev–Trinajstić information content (AvgIpc) is 3.26. The third-order valence-corrected chi connectivity index (χ3v) is 8.87. The van der Waals surface area contributed by atoms with E-state index in [0.29, 0.717) is 28.0 Å². The molecule has 0 bridgehead atoms. The Morgan fingerprint density at radius 2 is 1.61 bits per heavy atom. The van der Waals surface area contributed by atoms with Crippen molar-refractivity contribution in [2.24, 2.45) is 0 Å². The van der Waals surface area contributed by atoms with Gasteiger partial charge < -0.3 is 0 Å². The molecule has 174 valence electrons. The summed E-state index contributed by atoms with van der Waals surface area (Å²) in [5.41, 5.74) is 0.840. The minimum atomic E-state index is -3.59. The van der Waals surface area contributed by atoms with E-state index in [1.165, 1.54) is 40.3 Å². The number of Topliss-reactive ketones (excluding diaryl/α,β-unsaturated/α-hetero) is 1. The van der Waals surface area contributed by atoms with E-state index in [0.717, 1.165) is 11.3 Å². The molecule has 1 N–H and O–H groups in total. The summed E-state index contributed by atoms with van der Waals surface area (Å²) in [4.78, 5) is 24.9. The number of nitrogens with one attached hydrogen (secondary N) is 1. The van der Waals surface area contributed by atoms with Crippen molar-refractivity contribution in [3.8, 4) is 0 Å². The Morgan fingerprint density at radius 3 is 2.21 bits per heavy atom. The fourth-order valence-electron chi connectivity index (χ4n) is 2.83. The molecule has 0 aliphatic heterocycles. The van der Waals surface area contributed by atoms with Gasteiger partial charge in [0.05, 0.1) is 10.6 Å². The van der Waals surface area contributed by atoms with Gasteiger partial charge in [-0.15, -0.1) is 10.2 Å². The highest BCUT2D eigenvalue weighted by Gasteiger charge is 2.22. The number of hydrogen-bond acceptors (Lipinski definition) is 8. The number of aromatic nitrogens is 2. The Bertz CT molecular complexity index is 1230. The fourth-order valence-corrected chi connectivity index (χ4v) is 6.05. The summed E-state index contributed by atoms with van der Waals surface area (Å²) in [5, 5.41) is 11.4. The molecule has 1 amide bonds. The lowest BCUT2D eigenvalue weighted by Crippen LogP contribution is -2.30. The molecule has 0 aliphatic carbocycles.